The maximum Gasteiger partial charge on any atom is 0.119 e. The van der Waals surface area contributed by atoms with Gasteiger partial charge in [-0.15, -0.1) is 0 Å². The summed E-state index contributed by atoms with van der Waals surface area (Å²) >= 11 is 0. The van der Waals surface area contributed by atoms with Crippen LogP contribution in [0.5, 0.6) is 5.75 Å². The third-order valence-corrected chi connectivity index (χ3v) is 8.22. The van der Waals surface area contributed by atoms with E-state index in [0.717, 1.165) is 18.7 Å². The van der Waals surface area contributed by atoms with Crippen molar-refractivity contribution in [1.29, 1.82) is 0 Å². The Morgan fingerprint density at radius 2 is 1.59 bits per heavy atom. The molecule has 5 rings (SSSR count). The lowest BCUT2D eigenvalue weighted by Gasteiger charge is -2.33. The Morgan fingerprint density at radius 3 is 2.37 bits per heavy atom. The summed E-state index contributed by atoms with van der Waals surface area (Å²) in [5, 5.41) is 0. The lowest BCUT2D eigenvalue weighted by molar-refractivity contribution is 0.306. The number of para-hydroxylation sites is 1. The minimum absolute atomic E-state index is 0.497. The molecule has 0 spiro atoms. The van der Waals surface area contributed by atoms with Gasteiger partial charge in [-0.05, 0) is 85.3 Å². The summed E-state index contributed by atoms with van der Waals surface area (Å²) in [6, 6.07) is 36.3. The smallest absolute Gasteiger partial charge is 0.119 e. The molecule has 0 aliphatic heterocycles. The molecule has 41 heavy (non-hydrogen) atoms. The van der Waals surface area contributed by atoms with Gasteiger partial charge in [0.05, 0.1) is 5.69 Å². The normalized spacial score (nSPS) is 13.4. The number of hydrogen-bond donors (Lipinski definition) is 0. The maximum absolute atomic E-state index is 6.04. The van der Waals surface area contributed by atoms with Gasteiger partial charge in [0, 0.05) is 36.4 Å². The first-order chi connectivity index (χ1) is 20.2. The topological polar surface area (TPSA) is 17.4 Å². The fourth-order valence-electron chi connectivity index (χ4n) is 5.84. The Balaban J connectivity index is 1.37. The molecule has 0 bridgehead atoms. The standard InChI is InChI=1S/C38H44N2O/c1-3-4-5-6-15-28-39(35-19-11-8-12-20-35)37-21-14-13-18-34(37)29-40-31(2)22-27-38(40)33-23-25-36(26-24-33)41-30-32-16-9-7-10-17-32/h7,9-10,13-14,16-18,21-27,35H,3-6,8,11-12,19-20,29-30H2,1-2H3. The zero-order valence-electron chi connectivity index (χ0n) is 24.8. The highest BCUT2D eigenvalue weighted by atomic mass is 16.5. The van der Waals surface area contributed by atoms with E-state index < -0.39 is 0 Å². The Morgan fingerprint density at radius 1 is 0.829 bits per heavy atom. The Kier molecular flexibility index (Phi) is 10.2. The van der Waals surface area contributed by atoms with Crippen molar-refractivity contribution in [2.45, 2.75) is 90.8 Å². The van der Waals surface area contributed by atoms with Crippen LogP contribution in [0.15, 0.2) is 91.0 Å². The SMILES string of the molecule is CCCCCC#CN(c1ccccc1Cn1c(C)ccc1-c1ccc(OCc2ccccc2)cc1)C1CCCCC1. The van der Waals surface area contributed by atoms with Crippen molar-refractivity contribution >= 4 is 5.69 Å². The van der Waals surface area contributed by atoms with Crippen molar-refractivity contribution in [2.75, 3.05) is 4.90 Å². The van der Waals surface area contributed by atoms with E-state index in [0.29, 0.717) is 12.6 Å². The molecule has 0 amide bonds. The minimum Gasteiger partial charge on any atom is -0.489 e. The van der Waals surface area contributed by atoms with Crippen LogP contribution in [0, 0.1) is 18.9 Å². The van der Waals surface area contributed by atoms with Gasteiger partial charge in [0.1, 0.15) is 12.4 Å². The molecule has 0 atom stereocenters. The summed E-state index contributed by atoms with van der Waals surface area (Å²) in [5.41, 5.74) is 7.45. The predicted molar refractivity (Wildman–Crippen MR) is 172 cm³/mol. The van der Waals surface area contributed by atoms with Gasteiger partial charge in [-0.2, -0.15) is 0 Å². The van der Waals surface area contributed by atoms with Gasteiger partial charge in [-0.25, -0.2) is 0 Å². The fourth-order valence-corrected chi connectivity index (χ4v) is 5.84. The van der Waals surface area contributed by atoms with Crippen LogP contribution < -0.4 is 9.64 Å². The Hall–Kier alpha value is -3.90. The van der Waals surface area contributed by atoms with Crippen molar-refractivity contribution in [2.24, 2.45) is 0 Å². The second kappa shape index (κ2) is 14.6. The number of rotatable bonds is 11. The van der Waals surface area contributed by atoms with Crippen LogP contribution in [0.1, 0.15) is 81.5 Å². The van der Waals surface area contributed by atoms with Crippen molar-refractivity contribution in [3.05, 3.63) is 108 Å². The first kappa shape index (κ1) is 28.6. The van der Waals surface area contributed by atoms with Gasteiger partial charge in [0.15, 0.2) is 0 Å². The van der Waals surface area contributed by atoms with Gasteiger partial charge >= 0.3 is 0 Å². The molecule has 3 heteroatoms. The second-order valence-electron chi connectivity index (χ2n) is 11.3. The molecule has 212 valence electrons. The van der Waals surface area contributed by atoms with Crippen molar-refractivity contribution < 1.29 is 4.74 Å². The summed E-state index contributed by atoms with van der Waals surface area (Å²) in [4.78, 5) is 2.43. The molecule has 1 aliphatic rings. The number of aromatic nitrogens is 1. The van der Waals surface area contributed by atoms with Crippen LogP contribution in [0.2, 0.25) is 0 Å². The maximum atomic E-state index is 6.04. The van der Waals surface area contributed by atoms with E-state index in [4.69, 9.17) is 4.74 Å². The lowest BCUT2D eigenvalue weighted by atomic mass is 9.93. The largest absolute Gasteiger partial charge is 0.489 e. The van der Waals surface area contributed by atoms with Crippen molar-refractivity contribution in [3.63, 3.8) is 0 Å². The quantitative estimate of drug-likeness (QED) is 0.106. The average Bonchev–Trinajstić information content (AvgIpc) is 3.39. The van der Waals surface area contributed by atoms with E-state index in [2.05, 4.69) is 108 Å². The number of ether oxygens (including phenoxy) is 1. The first-order valence-corrected chi connectivity index (χ1v) is 15.5. The monoisotopic (exact) mass is 544 g/mol. The lowest BCUT2D eigenvalue weighted by Crippen LogP contribution is -2.33. The third-order valence-electron chi connectivity index (χ3n) is 8.22. The summed E-state index contributed by atoms with van der Waals surface area (Å²) in [6.45, 7) is 5.85. The molecule has 1 aromatic heterocycles. The zero-order valence-corrected chi connectivity index (χ0v) is 24.8. The molecule has 1 heterocycles. The van der Waals surface area contributed by atoms with Crippen LogP contribution >= 0.6 is 0 Å². The average molecular weight is 545 g/mol. The summed E-state index contributed by atoms with van der Waals surface area (Å²) in [5.74, 6) is 4.42. The first-order valence-electron chi connectivity index (χ1n) is 15.5. The van der Waals surface area contributed by atoms with E-state index in [9.17, 15) is 0 Å². The third kappa shape index (κ3) is 7.65. The minimum atomic E-state index is 0.497. The molecule has 0 saturated heterocycles. The molecule has 3 nitrogen and oxygen atoms in total. The van der Waals surface area contributed by atoms with E-state index in [1.165, 1.54) is 85.1 Å². The number of aryl methyl sites for hydroxylation is 1. The Bertz CT molecular complexity index is 1420. The number of anilines is 1. The molecule has 0 N–H and O–H groups in total. The molecular formula is C38H44N2O. The molecule has 0 unspecified atom stereocenters. The number of unbranched alkanes of at least 4 members (excludes halogenated alkanes) is 3. The second-order valence-corrected chi connectivity index (χ2v) is 11.3. The molecule has 1 saturated carbocycles. The highest BCUT2D eigenvalue weighted by Crippen LogP contribution is 2.32. The van der Waals surface area contributed by atoms with E-state index in [1.807, 2.05) is 18.2 Å². The van der Waals surface area contributed by atoms with Crippen LogP contribution in [0.3, 0.4) is 0 Å². The number of benzene rings is 3. The van der Waals surface area contributed by atoms with Crippen molar-refractivity contribution in [3.8, 4) is 29.0 Å². The highest BCUT2D eigenvalue weighted by Gasteiger charge is 2.23. The molecule has 3 aromatic carbocycles. The summed E-state index contributed by atoms with van der Waals surface area (Å²) in [6.07, 6.45) is 11.0. The van der Waals surface area contributed by atoms with Gasteiger partial charge in [0.2, 0.25) is 0 Å². The molecule has 1 aliphatic carbocycles. The van der Waals surface area contributed by atoms with Gasteiger partial charge in [0.25, 0.3) is 0 Å². The van der Waals surface area contributed by atoms with Crippen LogP contribution in [0.25, 0.3) is 11.3 Å². The zero-order chi connectivity index (χ0) is 28.3. The van der Waals surface area contributed by atoms with Crippen LogP contribution in [-0.4, -0.2) is 10.6 Å². The summed E-state index contributed by atoms with van der Waals surface area (Å²) < 4.78 is 8.48. The van der Waals surface area contributed by atoms with Gasteiger partial charge in [-0.1, -0.05) is 93.5 Å². The van der Waals surface area contributed by atoms with Crippen LogP contribution in [-0.2, 0) is 13.2 Å². The molecule has 4 aromatic rings. The predicted octanol–water partition coefficient (Wildman–Crippen LogP) is 9.77. The number of hydrogen-bond acceptors (Lipinski definition) is 2. The van der Waals surface area contributed by atoms with Crippen LogP contribution in [0.4, 0.5) is 5.69 Å². The molecular weight excluding hydrogens is 500 g/mol. The van der Waals surface area contributed by atoms with E-state index in [-0.39, 0.29) is 0 Å². The number of nitrogens with zero attached hydrogens (tertiary/aromatic N) is 2. The van der Waals surface area contributed by atoms with E-state index >= 15 is 0 Å². The van der Waals surface area contributed by atoms with E-state index in [1.54, 1.807) is 0 Å². The van der Waals surface area contributed by atoms with Crippen molar-refractivity contribution in [1.82, 2.24) is 4.57 Å². The summed E-state index contributed by atoms with van der Waals surface area (Å²) in [7, 11) is 0. The van der Waals surface area contributed by atoms with Gasteiger partial charge < -0.3 is 9.30 Å². The Labute approximate surface area is 247 Å². The molecule has 0 radical (unpaired) electrons. The highest BCUT2D eigenvalue weighted by molar-refractivity contribution is 5.64. The fraction of sp³-hybridized carbons (Fsp3) is 0.368. The molecule has 1 fully saturated rings. The van der Waals surface area contributed by atoms with Gasteiger partial charge in [-0.3, -0.25) is 4.90 Å².